The molecule has 1 aliphatic rings. The predicted octanol–water partition coefficient (Wildman–Crippen LogP) is 2.49. The third-order valence-corrected chi connectivity index (χ3v) is 5.56. The highest BCUT2D eigenvalue weighted by Crippen LogP contribution is 2.31. The summed E-state index contributed by atoms with van der Waals surface area (Å²) in [4.78, 5) is 23.7. The summed E-state index contributed by atoms with van der Waals surface area (Å²) in [5.74, 6) is 0.575. The van der Waals surface area contributed by atoms with Crippen LogP contribution >= 0.6 is 11.3 Å². The zero-order chi connectivity index (χ0) is 16.5. The Balaban J connectivity index is 1.54. The monoisotopic (exact) mass is 341 g/mol. The lowest BCUT2D eigenvalue weighted by molar-refractivity contribution is 0.503. The molecule has 0 N–H and O–H groups in total. The summed E-state index contributed by atoms with van der Waals surface area (Å²) in [6.07, 6.45) is 6.65. The first kappa shape index (κ1) is 15.3. The molecule has 0 aromatic carbocycles. The number of nitrogens with zero attached hydrogens (tertiary/aromatic N) is 5. The van der Waals surface area contributed by atoms with Crippen LogP contribution in [0.2, 0.25) is 0 Å². The largest absolute Gasteiger partial charge is 0.347 e. The third-order valence-electron chi connectivity index (χ3n) is 4.59. The van der Waals surface area contributed by atoms with E-state index in [1.807, 2.05) is 19.3 Å². The average molecular weight is 341 g/mol. The van der Waals surface area contributed by atoms with Gasteiger partial charge in [-0.15, -0.1) is 5.10 Å². The smallest absolute Gasteiger partial charge is 0.275 e. The molecule has 6 nitrogen and oxygen atoms in total. The molecular weight excluding hydrogens is 322 g/mol. The predicted molar refractivity (Wildman–Crippen MR) is 94.9 cm³/mol. The number of fused-ring (bicyclic) bond motifs is 1. The molecule has 3 aromatic heterocycles. The van der Waals surface area contributed by atoms with Gasteiger partial charge in [0.15, 0.2) is 0 Å². The summed E-state index contributed by atoms with van der Waals surface area (Å²) < 4.78 is 1.42. The van der Waals surface area contributed by atoms with Crippen LogP contribution in [0.4, 0.5) is 5.13 Å². The lowest BCUT2D eigenvalue weighted by Crippen LogP contribution is -2.33. The van der Waals surface area contributed by atoms with Crippen LogP contribution in [-0.2, 0) is 6.42 Å². The minimum atomic E-state index is -0.0916. The highest BCUT2D eigenvalue weighted by molar-refractivity contribution is 7.20. The van der Waals surface area contributed by atoms with E-state index in [0.29, 0.717) is 10.9 Å². The molecule has 0 spiro atoms. The standard InChI is InChI=1S/C17H19N5OS/c1-2-14-11-15(23)22-16(19-14)24-17(20-22)21-9-5-13(6-10-21)12-3-7-18-8-4-12/h3-4,7-8,11,13H,2,5-6,9-10H2,1H3. The van der Waals surface area contributed by atoms with Crippen molar-refractivity contribution in [1.82, 2.24) is 19.6 Å². The van der Waals surface area contributed by atoms with E-state index in [2.05, 4.69) is 32.1 Å². The number of anilines is 1. The summed E-state index contributed by atoms with van der Waals surface area (Å²) in [6.45, 7) is 3.90. The molecule has 4 heterocycles. The fourth-order valence-electron chi connectivity index (χ4n) is 3.19. The molecule has 0 amide bonds. The second-order valence-corrected chi connectivity index (χ2v) is 6.99. The molecule has 0 bridgehead atoms. The van der Waals surface area contributed by atoms with E-state index in [0.717, 1.165) is 43.2 Å². The van der Waals surface area contributed by atoms with Gasteiger partial charge in [-0.2, -0.15) is 4.52 Å². The third kappa shape index (κ3) is 2.80. The van der Waals surface area contributed by atoms with Crippen molar-refractivity contribution in [2.24, 2.45) is 0 Å². The molecule has 3 aromatic rings. The Hall–Kier alpha value is -2.28. The Bertz CT molecular complexity index is 896. The molecule has 1 fully saturated rings. The first-order chi connectivity index (χ1) is 11.7. The van der Waals surface area contributed by atoms with Crippen molar-refractivity contribution in [1.29, 1.82) is 0 Å². The number of rotatable bonds is 3. The van der Waals surface area contributed by atoms with Gasteiger partial charge in [0, 0.05) is 37.2 Å². The maximum atomic E-state index is 12.1. The second kappa shape index (κ2) is 6.32. The molecule has 1 saturated heterocycles. The molecule has 24 heavy (non-hydrogen) atoms. The van der Waals surface area contributed by atoms with E-state index >= 15 is 0 Å². The number of hydrogen-bond acceptors (Lipinski definition) is 6. The van der Waals surface area contributed by atoms with Crippen molar-refractivity contribution in [3.05, 3.63) is 52.2 Å². The average Bonchev–Trinajstić information content (AvgIpc) is 3.07. The van der Waals surface area contributed by atoms with Crippen molar-refractivity contribution in [2.45, 2.75) is 32.1 Å². The fraction of sp³-hybridized carbons (Fsp3) is 0.412. The summed E-state index contributed by atoms with van der Waals surface area (Å²) in [6, 6.07) is 5.79. The maximum Gasteiger partial charge on any atom is 0.275 e. The summed E-state index contributed by atoms with van der Waals surface area (Å²) in [5.41, 5.74) is 2.09. The quantitative estimate of drug-likeness (QED) is 0.732. The molecular formula is C17H19N5OS. The Kier molecular flexibility index (Phi) is 4.02. The first-order valence-corrected chi connectivity index (χ1v) is 9.11. The van der Waals surface area contributed by atoms with Crippen molar-refractivity contribution < 1.29 is 0 Å². The number of aromatic nitrogens is 4. The van der Waals surface area contributed by atoms with Crippen LogP contribution in [0.5, 0.6) is 0 Å². The van der Waals surface area contributed by atoms with Gasteiger partial charge < -0.3 is 4.90 Å². The van der Waals surface area contributed by atoms with Crippen molar-refractivity contribution in [3.8, 4) is 0 Å². The van der Waals surface area contributed by atoms with E-state index < -0.39 is 0 Å². The van der Waals surface area contributed by atoms with Gasteiger partial charge in [0.2, 0.25) is 10.1 Å². The van der Waals surface area contributed by atoms with E-state index in [1.165, 1.54) is 21.4 Å². The minimum absolute atomic E-state index is 0.0916. The molecule has 4 rings (SSSR count). The Morgan fingerprint density at radius 1 is 1.25 bits per heavy atom. The van der Waals surface area contributed by atoms with E-state index in [9.17, 15) is 4.79 Å². The number of piperidine rings is 1. The van der Waals surface area contributed by atoms with Gasteiger partial charge >= 0.3 is 0 Å². The number of pyridine rings is 1. The van der Waals surface area contributed by atoms with Gasteiger partial charge in [-0.05, 0) is 42.9 Å². The zero-order valence-corrected chi connectivity index (χ0v) is 14.4. The fourth-order valence-corrected chi connectivity index (χ4v) is 4.17. The van der Waals surface area contributed by atoms with Crippen LogP contribution in [0.3, 0.4) is 0 Å². The van der Waals surface area contributed by atoms with E-state index in [4.69, 9.17) is 0 Å². The lowest BCUT2D eigenvalue weighted by Gasteiger charge is -2.31. The van der Waals surface area contributed by atoms with Gasteiger partial charge in [0.1, 0.15) is 0 Å². The summed E-state index contributed by atoms with van der Waals surface area (Å²) in [7, 11) is 0. The van der Waals surface area contributed by atoms with Crippen LogP contribution < -0.4 is 10.5 Å². The maximum absolute atomic E-state index is 12.1. The molecule has 0 radical (unpaired) electrons. The van der Waals surface area contributed by atoms with Crippen LogP contribution in [0, 0.1) is 0 Å². The molecule has 0 atom stereocenters. The zero-order valence-electron chi connectivity index (χ0n) is 13.6. The highest BCUT2D eigenvalue weighted by atomic mass is 32.1. The van der Waals surface area contributed by atoms with Crippen LogP contribution in [0.25, 0.3) is 4.96 Å². The van der Waals surface area contributed by atoms with Crippen molar-refractivity contribution in [2.75, 3.05) is 18.0 Å². The normalized spacial score (nSPS) is 16.0. The Morgan fingerprint density at radius 3 is 2.71 bits per heavy atom. The molecule has 0 unspecified atom stereocenters. The Labute approximate surface area is 143 Å². The molecule has 0 aliphatic carbocycles. The second-order valence-electron chi connectivity index (χ2n) is 6.06. The number of hydrogen-bond donors (Lipinski definition) is 0. The molecule has 7 heteroatoms. The summed E-state index contributed by atoms with van der Waals surface area (Å²) in [5, 5.41) is 5.38. The van der Waals surface area contributed by atoms with E-state index in [-0.39, 0.29) is 5.56 Å². The lowest BCUT2D eigenvalue weighted by atomic mass is 9.90. The van der Waals surface area contributed by atoms with Crippen LogP contribution in [0.1, 0.15) is 36.9 Å². The van der Waals surface area contributed by atoms with Crippen LogP contribution in [-0.4, -0.2) is 32.7 Å². The molecule has 124 valence electrons. The summed E-state index contributed by atoms with van der Waals surface area (Å²) >= 11 is 1.50. The van der Waals surface area contributed by atoms with Gasteiger partial charge in [0.25, 0.3) is 5.56 Å². The van der Waals surface area contributed by atoms with Crippen molar-refractivity contribution in [3.63, 3.8) is 0 Å². The van der Waals surface area contributed by atoms with Gasteiger partial charge in [-0.25, -0.2) is 4.98 Å². The van der Waals surface area contributed by atoms with E-state index in [1.54, 1.807) is 6.07 Å². The molecule has 0 saturated carbocycles. The molecule has 1 aliphatic heterocycles. The van der Waals surface area contributed by atoms with Crippen LogP contribution in [0.15, 0.2) is 35.4 Å². The Morgan fingerprint density at radius 2 is 2.00 bits per heavy atom. The van der Waals surface area contributed by atoms with Gasteiger partial charge in [-0.3, -0.25) is 9.78 Å². The minimum Gasteiger partial charge on any atom is -0.347 e. The van der Waals surface area contributed by atoms with Gasteiger partial charge in [0.05, 0.1) is 0 Å². The topological polar surface area (TPSA) is 63.4 Å². The SMILES string of the molecule is CCc1cc(=O)n2nc(N3CCC(c4ccncc4)CC3)sc2n1. The first-order valence-electron chi connectivity index (χ1n) is 8.29. The van der Waals surface area contributed by atoms with Crippen molar-refractivity contribution >= 4 is 21.4 Å². The highest BCUT2D eigenvalue weighted by Gasteiger charge is 2.23. The number of aryl methyl sites for hydroxylation is 1. The van der Waals surface area contributed by atoms with Gasteiger partial charge in [-0.1, -0.05) is 18.3 Å².